The number of amides is 4. The molecule has 4 amide bonds. The molecule has 0 saturated carbocycles. The lowest BCUT2D eigenvalue weighted by atomic mass is 10.1. The summed E-state index contributed by atoms with van der Waals surface area (Å²) in [5.74, 6) is -0.849. The highest BCUT2D eigenvalue weighted by Crippen LogP contribution is 2.18. The van der Waals surface area contributed by atoms with Crippen LogP contribution in [0.1, 0.15) is 21.6 Å². The first-order valence-electron chi connectivity index (χ1n) is 9.70. The van der Waals surface area contributed by atoms with Crippen molar-refractivity contribution in [1.29, 1.82) is 0 Å². The van der Waals surface area contributed by atoms with E-state index in [4.69, 9.17) is 0 Å². The lowest BCUT2D eigenvalue weighted by molar-refractivity contribution is -0.125. The Labute approximate surface area is 177 Å². The zero-order chi connectivity index (χ0) is 22.1. The summed E-state index contributed by atoms with van der Waals surface area (Å²) >= 11 is 0. The first-order chi connectivity index (χ1) is 14.9. The van der Waals surface area contributed by atoms with Crippen molar-refractivity contribution in [2.45, 2.75) is 13.5 Å². The van der Waals surface area contributed by atoms with Crippen LogP contribution in [-0.2, 0) is 18.4 Å². The van der Waals surface area contributed by atoms with E-state index in [0.29, 0.717) is 16.9 Å². The molecule has 0 aliphatic carbocycles. The highest BCUT2D eigenvalue weighted by atomic mass is 16.2. The van der Waals surface area contributed by atoms with E-state index < -0.39 is 11.9 Å². The maximum absolute atomic E-state index is 13.1. The molecule has 9 heteroatoms. The summed E-state index contributed by atoms with van der Waals surface area (Å²) in [6.07, 6.45) is 0. The van der Waals surface area contributed by atoms with Gasteiger partial charge in [0, 0.05) is 12.6 Å². The van der Waals surface area contributed by atoms with E-state index in [2.05, 4.69) is 10.6 Å². The van der Waals surface area contributed by atoms with Gasteiger partial charge in [-0.2, -0.15) is 0 Å². The second-order valence-electron chi connectivity index (χ2n) is 7.19. The van der Waals surface area contributed by atoms with Gasteiger partial charge in [-0.1, -0.05) is 36.4 Å². The number of nitrogens with zero attached hydrogens (tertiary/aromatic N) is 3. The first kappa shape index (κ1) is 20.1. The molecular formula is C22H21N5O4. The van der Waals surface area contributed by atoms with E-state index in [-0.39, 0.29) is 35.8 Å². The fourth-order valence-electron chi connectivity index (χ4n) is 3.56. The number of hydrogen-bond acceptors (Lipinski definition) is 4. The van der Waals surface area contributed by atoms with E-state index >= 15 is 0 Å². The van der Waals surface area contributed by atoms with Crippen LogP contribution in [-0.4, -0.2) is 38.7 Å². The molecule has 1 saturated heterocycles. The number of para-hydroxylation sites is 1. The zero-order valence-corrected chi connectivity index (χ0v) is 17.1. The molecule has 2 N–H and O–H groups in total. The van der Waals surface area contributed by atoms with Crippen molar-refractivity contribution in [2.24, 2.45) is 7.05 Å². The second kappa shape index (κ2) is 7.94. The van der Waals surface area contributed by atoms with Crippen molar-refractivity contribution in [2.75, 3.05) is 11.9 Å². The van der Waals surface area contributed by atoms with Crippen LogP contribution in [0.25, 0.3) is 5.69 Å². The van der Waals surface area contributed by atoms with E-state index in [0.717, 1.165) is 4.90 Å². The maximum atomic E-state index is 13.1. The van der Waals surface area contributed by atoms with E-state index in [1.165, 1.54) is 4.68 Å². The zero-order valence-electron chi connectivity index (χ0n) is 17.1. The minimum Gasteiger partial charge on any atom is -0.329 e. The molecule has 31 heavy (non-hydrogen) atoms. The molecule has 0 atom stereocenters. The molecule has 0 radical (unpaired) electrons. The molecule has 1 fully saturated rings. The minimum absolute atomic E-state index is 0.0315. The van der Waals surface area contributed by atoms with Crippen molar-refractivity contribution >= 4 is 23.5 Å². The van der Waals surface area contributed by atoms with Gasteiger partial charge < -0.3 is 10.6 Å². The highest BCUT2D eigenvalue weighted by molar-refractivity contribution is 6.06. The lowest BCUT2D eigenvalue weighted by Crippen LogP contribution is -2.31. The summed E-state index contributed by atoms with van der Waals surface area (Å²) in [6, 6.07) is 15.3. The van der Waals surface area contributed by atoms with Gasteiger partial charge in [-0.25, -0.2) is 9.48 Å². The first-order valence-corrected chi connectivity index (χ1v) is 9.70. The number of nitrogens with one attached hydrogen (secondary N) is 2. The SMILES string of the molecule is Cc1c(NC(=O)c2ccccc2CN2C(=O)CNC2=O)c(=O)n(-c2ccccc2)n1C. The molecule has 0 unspecified atom stereocenters. The molecule has 2 aromatic carbocycles. The van der Waals surface area contributed by atoms with Gasteiger partial charge in [0.15, 0.2) is 0 Å². The number of imide groups is 1. The third-order valence-electron chi connectivity index (χ3n) is 5.32. The number of aromatic nitrogens is 2. The maximum Gasteiger partial charge on any atom is 0.324 e. The van der Waals surface area contributed by atoms with Crippen molar-refractivity contribution in [3.05, 3.63) is 81.8 Å². The lowest BCUT2D eigenvalue weighted by Gasteiger charge is -2.15. The number of urea groups is 1. The Morgan fingerprint density at radius 1 is 1.03 bits per heavy atom. The van der Waals surface area contributed by atoms with E-state index in [1.54, 1.807) is 55.1 Å². The number of carbonyl (C=O) groups excluding carboxylic acids is 3. The van der Waals surface area contributed by atoms with E-state index in [9.17, 15) is 19.2 Å². The number of anilines is 1. The fraction of sp³-hybridized carbons (Fsp3) is 0.182. The topological polar surface area (TPSA) is 105 Å². The molecule has 9 nitrogen and oxygen atoms in total. The predicted octanol–water partition coefficient (Wildman–Crippen LogP) is 1.79. The van der Waals surface area contributed by atoms with Crippen LogP contribution >= 0.6 is 0 Å². The Morgan fingerprint density at radius 2 is 1.71 bits per heavy atom. The Hall–Kier alpha value is -4.14. The Kier molecular flexibility index (Phi) is 5.16. The largest absolute Gasteiger partial charge is 0.329 e. The Balaban J connectivity index is 1.65. The molecule has 0 bridgehead atoms. The van der Waals surface area contributed by atoms with Crippen molar-refractivity contribution in [3.8, 4) is 5.69 Å². The average Bonchev–Trinajstić information content (AvgIpc) is 3.20. The third-order valence-corrected chi connectivity index (χ3v) is 5.32. The third kappa shape index (κ3) is 3.61. The molecule has 1 aliphatic rings. The van der Waals surface area contributed by atoms with Crippen molar-refractivity contribution < 1.29 is 14.4 Å². The molecular weight excluding hydrogens is 398 g/mol. The number of hydrogen-bond donors (Lipinski definition) is 2. The second-order valence-corrected chi connectivity index (χ2v) is 7.19. The van der Waals surface area contributed by atoms with Crippen molar-refractivity contribution in [1.82, 2.24) is 19.6 Å². The summed E-state index contributed by atoms with van der Waals surface area (Å²) in [5, 5.41) is 5.17. The number of benzene rings is 2. The van der Waals surface area contributed by atoms with Gasteiger partial charge in [-0.05, 0) is 30.7 Å². The quantitative estimate of drug-likeness (QED) is 0.615. The molecule has 158 valence electrons. The van der Waals surface area contributed by atoms with Crippen LogP contribution in [0.5, 0.6) is 0 Å². The standard InChI is InChI=1S/C22H21N5O4/c1-14-19(21(30)27(25(14)2)16-9-4-3-5-10-16)24-20(29)17-11-7-6-8-15(17)13-26-18(28)12-23-22(26)31/h3-11H,12-13H2,1-2H3,(H,23,31)(H,24,29). The smallest absolute Gasteiger partial charge is 0.324 e. The molecule has 4 rings (SSSR count). The van der Waals surface area contributed by atoms with Gasteiger partial charge in [-0.3, -0.25) is 24.0 Å². The summed E-state index contributed by atoms with van der Waals surface area (Å²) < 4.78 is 3.15. The highest BCUT2D eigenvalue weighted by Gasteiger charge is 2.29. The summed E-state index contributed by atoms with van der Waals surface area (Å²) in [6.45, 7) is 1.65. The Morgan fingerprint density at radius 3 is 2.39 bits per heavy atom. The predicted molar refractivity (Wildman–Crippen MR) is 114 cm³/mol. The number of rotatable bonds is 5. The summed E-state index contributed by atoms with van der Waals surface area (Å²) in [5.41, 5.74) is 1.87. The van der Waals surface area contributed by atoms with Crippen LogP contribution in [0, 0.1) is 6.92 Å². The fourth-order valence-corrected chi connectivity index (χ4v) is 3.56. The summed E-state index contributed by atoms with van der Waals surface area (Å²) in [7, 11) is 1.74. The van der Waals surface area contributed by atoms with Gasteiger partial charge in [-0.15, -0.1) is 0 Å². The molecule has 2 heterocycles. The van der Waals surface area contributed by atoms with Crippen molar-refractivity contribution in [3.63, 3.8) is 0 Å². The van der Waals surface area contributed by atoms with Crippen LogP contribution in [0.2, 0.25) is 0 Å². The normalized spacial score (nSPS) is 13.4. The number of carbonyl (C=O) groups is 3. The monoisotopic (exact) mass is 419 g/mol. The summed E-state index contributed by atoms with van der Waals surface area (Å²) in [4.78, 5) is 51.0. The van der Waals surface area contributed by atoms with Crippen LogP contribution in [0.15, 0.2) is 59.4 Å². The molecule has 0 spiro atoms. The molecule has 1 aromatic heterocycles. The van der Waals surface area contributed by atoms with Gasteiger partial charge in [0.2, 0.25) is 5.91 Å². The van der Waals surface area contributed by atoms with Crippen LogP contribution < -0.4 is 16.2 Å². The van der Waals surface area contributed by atoms with Gasteiger partial charge >= 0.3 is 6.03 Å². The Bertz CT molecular complexity index is 1230. The average molecular weight is 419 g/mol. The van der Waals surface area contributed by atoms with Crippen LogP contribution in [0.4, 0.5) is 10.5 Å². The van der Waals surface area contributed by atoms with Crippen LogP contribution in [0.3, 0.4) is 0 Å². The minimum atomic E-state index is -0.495. The van der Waals surface area contributed by atoms with E-state index in [1.807, 2.05) is 18.2 Å². The van der Waals surface area contributed by atoms with Gasteiger partial charge in [0.1, 0.15) is 5.69 Å². The van der Waals surface area contributed by atoms with Gasteiger partial charge in [0.05, 0.1) is 24.5 Å². The van der Waals surface area contributed by atoms with Gasteiger partial charge in [0.25, 0.3) is 11.5 Å². The molecule has 3 aromatic rings. The molecule has 1 aliphatic heterocycles.